The first kappa shape index (κ1) is 20.7. The average Bonchev–Trinajstić information content (AvgIpc) is 2.81. The molecule has 0 heterocycles. The van der Waals surface area contributed by atoms with E-state index in [0.29, 0.717) is 35.0 Å². The Morgan fingerprint density at radius 2 is 1.60 bits per heavy atom. The molecule has 30 heavy (non-hydrogen) atoms. The fourth-order valence-electron chi connectivity index (χ4n) is 2.92. The zero-order valence-corrected chi connectivity index (χ0v) is 16.8. The summed E-state index contributed by atoms with van der Waals surface area (Å²) in [6.45, 7) is 0.405. The van der Waals surface area contributed by atoms with Crippen LogP contribution in [0, 0.1) is 11.3 Å². The van der Waals surface area contributed by atoms with Crippen molar-refractivity contribution < 1.29 is 19.0 Å². The summed E-state index contributed by atoms with van der Waals surface area (Å²) in [6, 6.07) is 23.9. The Morgan fingerprint density at radius 3 is 2.30 bits per heavy atom. The summed E-state index contributed by atoms with van der Waals surface area (Å²) in [4.78, 5) is 12.8. The van der Waals surface area contributed by atoms with Gasteiger partial charge in [0.2, 0.25) is 5.78 Å². The minimum Gasteiger partial charge on any atom is -0.496 e. The number of carbonyl (C=O) groups is 1. The normalized spacial score (nSPS) is 10.8. The zero-order chi connectivity index (χ0) is 21.3. The maximum atomic E-state index is 12.8. The minimum atomic E-state index is -0.404. The van der Waals surface area contributed by atoms with Crippen LogP contribution in [0.4, 0.5) is 0 Å². The highest BCUT2D eigenvalue weighted by molar-refractivity contribution is 6.15. The van der Waals surface area contributed by atoms with E-state index in [0.717, 1.165) is 5.56 Å². The topological polar surface area (TPSA) is 68.5 Å². The lowest BCUT2D eigenvalue weighted by molar-refractivity contribution is 0.103. The van der Waals surface area contributed by atoms with Crippen molar-refractivity contribution in [2.45, 2.75) is 6.61 Å². The van der Waals surface area contributed by atoms with E-state index in [9.17, 15) is 10.1 Å². The van der Waals surface area contributed by atoms with Gasteiger partial charge in [-0.05, 0) is 41.5 Å². The van der Waals surface area contributed by atoms with Crippen molar-refractivity contribution in [1.29, 1.82) is 5.26 Å². The van der Waals surface area contributed by atoms with Crippen molar-refractivity contribution in [2.24, 2.45) is 0 Å². The van der Waals surface area contributed by atoms with Crippen molar-refractivity contribution in [3.63, 3.8) is 0 Å². The Balaban J connectivity index is 1.84. The molecular formula is C25H21NO4. The van der Waals surface area contributed by atoms with Crippen LogP contribution >= 0.6 is 0 Å². The van der Waals surface area contributed by atoms with Crippen molar-refractivity contribution >= 4 is 11.9 Å². The number of hydrogen-bond donors (Lipinski definition) is 0. The standard InChI is InChI=1S/C25H21NO4/c1-28-22-11-7-6-10-21(22)25(27)20(16-26)14-19-12-13-23(24(15-19)29-2)30-17-18-8-4-3-5-9-18/h3-15H,17H2,1-2H3/b20-14+. The average molecular weight is 399 g/mol. The van der Waals surface area contributed by atoms with Gasteiger partial charge in [0.1, 0.15) is 24.0 Å². The Kier molecular flexibility index (Phi) is 6.86. The van der Waals surface area contributed by atoms with Crippen LogP contribution in [0.25, 0.3) is 6.08 Å². The molecule has 0 atom stereocenters. The number of rotatable bonds is 8. The molecule has 0 aliphatic carbocycles. The quantitative estimate of drug-likeness (QED) is 0.300. The van der Waals surface area contributed by atoms with Gasteiger partial charge >= 0.3 is 0 Å². The molecule has 0 saturated heterocycles. The molecule has 0 aliphatic rings. The van der Waals surface area contributed by atoms with E-state index in [1.165, 1.54) is 13.2 Å². The number of Topliss-reactive ketones (excluding diaryl/α,β-unsaturated/α-hetero) is 1. The fourth-order valence-corrected chi connectivity index (χ4v) is 2.92. The molecule has 0 unspecified atom stereocenters. The van der Waals surface area contributed by atoms with Crippen molar-refractivity contribution in [1.82, 2.24) is 0 Å². The number of hydrogen-bond acceptors (Lipinski definition) is 5. The number of benzene rings is 3. The molecule has 3 rings (SSSR count). The second kappa shape index (κ2) is 9.94. The Bertz CT molecular complexity index is 1100. The van der Waals surface area contributed by atoms with Crippen LogP contribution in [0.1, 0.15) is 21.5 Å². The van der Waals surface area contributed by atoms with E-state index in [4.69, 9.17) is 14.2 Å². The predicted octanol–water partition coefficient (Wildman–Crippen LogP) is 5.07. The molecular weight excluding hydrogens is 378 g/mol. The van der Waals surface area contributed by atoms with E-state index >= 15 is 0 Å². The molecule has 0 N–H and O–H groups in total. The third-order valence-corrected chi connectivity index (χ3v) is 4.45. The van der Waals surface area contributed by atoms with Gasteiger partial charge in [0, 0.05) is 0 Å². The Hall–Kier alpha value is -4.04. The summed E-state index contributed by atoms with van der Waals surface area (Å²) in [6.07, 6.45) is 1.53. The molecule has 3 aromatic carbocycles. The molecule has 0 amide bonds. The lowest BCUT2D eigenvalue weighted by Gasteiger charge is -2.12. The largest absolute Gasteiger partial charge is 0.496 e. The summed E-state index contributed by atoms with van der Waals surface area (Å²) in [5.41, 5.74) is 2.03. The van der Waals surface area contributed by atoms with Crippen molar-refractivity contribution in [3.05, 3.63) is 95.1 Å². The van der Waals surface area contributed by atoms with Crippen LogP contribution < -0.4 is 14.2 Å². The molecule has 3 aromatic rings. The minimum absolute atomic E-state index is 0.000456. The van der Waals surface area contributed by atoms with E-state index < -0.39 is 5.78 Å². The molecule has 0 fully saturated rings. The smallest absolute Gasteiger partial charge is 0.207 e. The summed E-state index contributed by atoms with van der Waals surface area (Å²) < 4.78 is 16.5. The highest BCUT2D eigenvalue weighted by Gasteiger charge is 2.17. The van der Waals surface area contributed by atoms with Gasteiger partial charge in [-0.1, -0.05) is 48.5 Å². The van der Waals surface area contributed by atoms with E-state index in [2.05, 4.69) is 0 Å². The first-order valence-corrected chi connectivity index (χ1v) is 9.30. The number of nitriles is 1. The maximum Gasteiger partial charge on any atom is 0.207 e. The maximum absolute atomic E-state index is 12.8. The van der Waals surface area contributed by atoms with Gasteiger partial charge in [-0.25, -0.2) is 0 Å². The van der Waals surface area contributed by atoms with Gasteiger partial charge < -0.3 is 14.2 Å². The fraction of sp³-hybridized carbons (Fsp3) is 0.120. The first-order chi connectivity index (χ1) is 14.7. The molecule has 0 spiro atoms. The van der Waals surface area contributed by atoms with Gasteiger partial charge in [0.25, 0.3) is 0 Å². The van der Waals surface area contributed by atoms with Gasteiger partial charge in [0.05, 0.1) is 19.8 Å². The molecule has 0 radical (unpaired) electrons. The summed E-state index contributed by atoms with van der Waals surface area (Å²) >= 11 is 0. The van der Waals surface area contributed by atoms with Gasteiger partial charge in [-0.3, -0.25) is 4.79 Å². The molecule has 0 bridgehead atoms. The molecule has 150 valence electrons. The third-order valence-electron chi connectivity index (χ3n) is 4.45. The molecule has 5 heteroatoms. The lowest BCUT2D eigenvalue weighted by atomic mass is 10.0. The van der Waals surface area contributed by atoms with Crippen LogP contribution in [0.5, 0.6) is 17.2 Å². The monoisotopic (exact) mass is 399 g/mol. The zero-order valence-electron chi connectivity index (χ0n) is 16.8. The van der Waals surface area contributed by atoms with Gasteiger partial charge in [0.15, 0.2) is 11.5 Å². The highest BCUT2D eigenvalue weighted by atomic mass is 16.5. The number of methoxy groups -OCH3 is 2. The third kappa shape index (κ3) is 4.86. The number of ether oxygens (including phenoxy) is 3. The van der Waals surface area contributed by atoms with Crippen LogP contribution in [-0.4, -0.2) is 20.0 Å². The molecule has 0 saturated carbocycles. The second-order valence-electron chi connectivity index (χ2n) is 6.38. The number of allylic oxidation sites excluding steroid dienone is 1. The SMILES string of the molecule is COc1cc(/C=C(\C#N)C(=O)c2ccccc2OC)ccc1OCc1ccccc1. The highest BCUT2D eigenvalue weighted by Crippen LogP contribution is 2.30. The lowest BCUT2D eigenvalue weighted by Crippen LogP contribution is -2.04. The number of carbonyl (C=O) groups excluding carboxylic acids is 1. The summed E-state index contributed by atoms with van der Waals surface area (Å²) in [5.74, 6) is 1.11. The van der Waals surface area contributed by atoms with E-state index in [1.54, 1.807) is 49.6 Å². The van der Waals surface area contributed by atoms with Crippen LogP contribution in [0.2, 0.25) is 0 Å². The second-order valence-corrected chi connectivity index (χ2v) is 6.38. The molecule has 0 aliphatic heterocycles. The first-order valence-electron chi connectivity index (χ1n) is 9.30. The predicted molar refractivity (Wildman–Crippen MR) is 115 cm³/mol. The van der Waals surface area contributed by atoms with E-state index in [1.807, 2.05) is 36.4 Å². The van der Waals surface area contributed by atoms with Crippen molar-refractivity contribution in [3.8, 4) is 23.3 Å². The molecule has 5 nitrogen and oxygen atoms in total. The van der Waals surface area contributed by atoms with Gasteiger partial charge in [-0.2, -0.15) is 5.26 Å². The van der Waals surface area contributed by atoms with Crippen LogP contribution in [-0.2, 0) is 6.61 Å². The number of ketones is 1. The summed E-state index contributed by atoms with van der Waals surface area (Å²) in [5, 5.41) is 9.54. The van der Waals surface area contributed by atoms with Crippen LogP contribution in [0.3, 0.4) is 0 Å². The van der Waals surface area contributed by atoms with Crippen LogP contribution in [0.15, 0.2) is 78.4 Å². The number of para-hydroxylation sites is 1. The Morgan fingerprint density at radius 1 is 0.900 bits per heavy atom. The number of nitrogens with zero attached hydrogens (tertiary/aromatic N) is 1. The summed E-state index contributed by atoms with van der Waals surface area (Å²) in [7, 11) is 3.03. The molecule has 0 aromatic heterocycles. The van der Waals surface area contributed by atoms with Crippen molar-refractivity contribution in [2.75, 3.05) is 14.2 Å². The van der Waals surface area contributed by atoms with E-state index in [-0.39, 0.29) is 5.57 Å². The Labute approximate surface area is 175 Å². The van der Waals surface area contributed by atoms with Gasteiger partial charge in [-0.15, -0.1) is 0 Å².